The van der Waals surface area contributed by atoms with E-state index < -0.39 is 11.9 Å². The van der Waals surface area contributed by atoms with E-state index in [0.29, 0.717) is 5.56 Å². The second kappa shape index (κ2) is 8.06. The number of ether oxygens (including phenoxy) is 3. The molecule has 0 saturated carbocycles. The van der Waals surface area contributed by atoms with Gasteiger partial charge in [0.25, 0.3) is 0 Å². The van der Waals surface area contributed by atoms with Crippen molar-refractivity contribution in [3.05, 3.63) is 59.9 Å². The number of carbonyl (C=O) groups is 1. The fourth-order valence-electron chi connectivity index (χ4n) is 2.15. The summed E-state index contributed by atoms with van der Waals surface area (Å²) in [6.07, 6.45) is 3.08. The van der Waals surface area contributed by atoms with Crippen molar-refractivity contribution in [2.24, 2.45) is 0 Å². The first-order valence-electron chi connectivity index (χ1n) is 7.43. The first-order chi connectivity index (χ1) is 11.6. The molecule has 5 nitrogen and oxygen atoms in total. The van der Waals surface area contributed by atoms with Crippen molar-refractivity contribution in [2.75, 3.05) is 14.2 Å². The van der Waals surface area contributed by atoms with Crippen molar-refractivity contribution < 1.29 is 24.1 Å². The standard InChI is InChI=1S/C19H20O5/c1-13(15-11-16(22-2)18(20)17(12-15)23-3)19(21)24-10-9-14-7-5-4-6-8-14/h4-13,20H,1-3H3. The van der Waals surface area contributed by atoms with Gasteiger partial charge in [-0.3, -0.25) is 4.79 Å². The predicted octanol–water partition coefficient (Wildman–Crippen LogP) is 3.73. The van der Waals surface area contributed by atoms with Crippen molar-refractivity contribution in [1.82, 2.24) is 0 Å². The summed E-state index contributed by atoms with van der Waals surface area (Å²) in [5, 5.41) is 9.92. The van der Waals surface area contributed by atoms with Crippen LogP contribution < -0.4 is 9.47 Å². The molecule has 24 heavy (non-hydrogen) atoms. The molecule has 0 aliphatic rings. The summed E-state index contributed by atoms with van der Waals surface area (Å²) in [7, 11) is 2.87. The van der Waals surface area contributed by atoms with Crippen molar-refractivity contribution >= 4 is 12.0 Å². The van der Waals surface area contributed by atoms with Crippen molar-refractivity contribution in [2.45, 2.75) is 12.8 Å². The Kier molecular flexibility index (Phi) is 5.84. The monoisotopic (exact) mass is 328 g/mol. The van der Waals surface area contributed by atoms with E-state index in [1.54, 1.807) is 25.1 Å². The van der Waals surface area contributed by atoms with E-state index >= 15 is 0 Å². The number of aromatic hydroxyl groups is 1. The number of esters is 1. The van der Waals surface area contributed by atoms with Crippen LogP contribution >= 0.6 is 0 Å². The Hall–Kier alpha value is -2.95. The summed E-state index contributed by atoms with van der Waals surface area (Å²) in [6.45, 7) is 1.71. The second-order valence-corrected chi connectivity index (χ2v) is 5.15. The fraction of sp³-hybridized carbons (Fsp3) is 0.211. The molecule has 0 heterocycles. The molecule has 5 heteroatoms. The topological polar surface area (TPSA) is 65.0 Å². The minimum Gasteiger partial charge on any atom is -0.502 e. The molecule has 0 spiro atoms. The smallest absolute Gasteiger partial charge is 0.317 e. The van der Waals surface area contributed by atoms with Gasteiger partial charge in [-0.25, -0.2) is 0 Å². The SMILES string of the molecule is COc1cc(C(C)C(=O)OC=Cc2ccccc2)cc(OC)c1O. The highest BCUT2D eigenvalue weighted by Gasteiger charge is 2.20. The van der Waals surface area contributed by atoms with Crippen LogP contribution in [0.3, 0.4) is 0 Å². The maximum atomic E-state index is 12.2. The number of phenols is 1. The Labute approximate surface area is 141 Å². The molecule has 0 bridgehead atoms. The summed E-state index contributed by atoms with van der Waals surface area (Å²) in [5.41, 5.74) is 1.56. The Morgan fingerprint density at radius 3 is 2.21 bits per heavy atom. The summed E-state index contributed by atoms with van der Waals surface area (Å²) in [5.74, 6) is -0.591. The van der Waals surface area contributed by atoms with Crippen LogP contribution in [0.4, 0.5) is 0 Å². The van der Waals surface area contributed by atoms with Gasteiger partial charge in [-0.2, -0.15) is 0 Å². The van der Waals surface area contributed by atoms with E-state index in [-0.39, 0.29) is 17.2 Å². The number of benzene rings is 2. The molecule has 2 rings (SSSR count). The van der Waals surface area contributed by atoms with Crippen LogP contribution in [-0.4, -0.2) is 25.3 Å². The largest absolute Gasteiger partial charge is 0.502 e. The molecule has 1 atom stereocenters. The predicted molar refractivity (Wildman–Crippen MR) is 91.2 cm³/mol. The van der Waals surface area contributed by atoms with Crippen LogP contribution in [0.2, 0.25) is 0 Å². The minimum atomic E-state index is -0.547. The molecule has 0 fully saturated rings. The van der Waals surface area contributed by atoms with E-state index in [1.807, 2.05) is 30.3 Å². The van der Waals surface area contributed by atoms with Gasteiger partial charge >= 0.3 is 5.97 Å². The molecule has 0 saturated heterocycles. The fourth-order valence-corrected chi connectivity index (χ4v) is 2.15. The van der Waals surface area contributed by atoms with Gasteiger partial charge in [0.05, 0.1) is 26.4 Å². The van der Waals surface area contributed by atoms with Crippen LogP contribution in [0.5, 0.6) is 17.2 Å². The highest BCUT2D eigenvalue weighted by atomic mass is 16.5. The zero-order chi connectivity index (χ0) is 17.5. The minimum absolute atomic E-state index is 0.103. The lowest BCUT2D eigenvalue weighted by Gasteiger charge is -2.14. The van der Waals surface area contributed by atoms with Gasteiger partial charge in [-0.15, -0.1) is 0 Å². The average molecular weight is 328 g/mol. The Bertz CT molecular complexity index is 697. The summed E-state index contributed by atoms with van der Waals surface area (Å²) < 4.78 is 15.4. The second-order valence-electron chi connectivity index (χ2n) is 5.15. The average Bonchev–Trinajstić information content (AvgIpc) is 2.62. The van der Waals surface area contributed by atoms with Gasteiger partial charge in [0.1, 0.15) is 0 Å². The first kappa shape index (κ1) is 17.4. The van der Waals surface area contributed by atoms with E-state index in [0.717, 1.165) is 5.56 Å². The number of hydrogen-bond acceptors (Lipinski definition) is 5. The molecule has 0 aliphatic heterocycles. The zero-order valence-electron chi connectivity index (χ0n) is 13.9. The van der Waals surface area contributed by atoms with Gasteiger partial charge in [0, 0.05) is 0 Å². The summed E-state index contributed by atoms with van der Waals surface area (Å²) >= 11 is 0. The number of methoxy groups -OCH3 is 2. The van der Waals surface area contributed by atoms with Crippen LogP contribution in [0.25, 0.3) is 6.08 Å². The van der Waals surface area contributed by atoms with Gasteiger partial charge in [-0.1, -0.05) is 30.3 Å². The van der Waals surface area contributed by atoms with Crippen LogP contribution in [0.1, 0.15) is 24.0 Å². The molecule has 0 radical (unpaired) electrons. The molecule has 0 aliphatic carbocycles. The number of phenolic OH excluding ortho intramolecular Hbond substituents is 1. The van der Waals surface area contributed by atoms with Crippen LogP contribution in [0, 0.1) is 0 Å². The van der Waals surface area contributed by atoms with Crippen molar-refractivity contribution in [3.63, 3.8) is 0 Å². The van der Waals surface area contributed by atoms with Gasteiger partial charge in [0.15, 0.2) is 11.5 Å². The lowest BCUT2D eigenvalue weighted by Crippen LogP contribution is -2.10. The van der Waals surface area contributed by atoms with E-state index in [9.17, 15) is 9.90 Å². The van der Waals surface area contributed by atoms with E-state index in [2.05, 4.69) is 0 Å². The maximum absolute atomic E-state index is 12.2. The summed E-state index contributed by atoms with van der Waals surface area (Å²) in [6, 6.07) is 12.7. The lowest BCUT2D eigenvalue weighted by molar-refractivity contribution is -0.139. The zero-order valence-corrected chi connectivity index (χ0v) is 13.9. The molecular weight excluding hydrogens is 308 g/mol. The first-order valence-corrected chi connectivity index (χ1v) is 7.43. The highest BCUT2D eigenvalue weighted by Crippen LogP contribution is 2.39. The quantitative estimate of drug-likeness (QED) is 0.646. The molecule has 0 aromatic heterocycles. The van der Waals surface area contributed by atoms with Gasteiger partial charge in [-0.05, 0) is 36.3 Å². The van der Waals surface area contributed by atoms with Crippen molar-refractivity contribution in [3.8, 4) is 17.2 Å². The number of rotatable bonds is 6. The molecule has 1 unspecified atom stereocenters. The maximum Gasteiger partial charge on any atom is 0.317 e. The van der Waals surface area contributed by atoms with Gasteiger partial charge in [0.2, 0.25) is 5.75 Å². The lowest BCUT2D eigenvalue weighted by atomic mass is 10.0. The summed E-state index contributed by atoms with van der Waals surface area (Å²) in [4.78, 5) is 12.2. The van der Waals surface area contributed by atoms with Gasteiger partial charge < -0.3 is 19.3 Å². The third kappa shape index (κ3) is 4.07. The Morgan fingerprint density at radius 2 is 1.67 bits per heavy atom. The molecule has 1 N–H and O–H groups in total. The molecule has 2 aromatic carbocycles. The number of carbonyl (C=O) groups excluding carboxylic acids is 1. The van der Waals surface area contributed by atoms with Crippen molar-refractivity contribution in [1.29, 1.82) is 0 Å². The molecule has 126 valence electrons. The molecule has 2 aromatic rings. The highest BCUT2D eigenvalue weighted by molar-refractivity contribution is 5.79. The Balaban J connectivity index is 2.11. The third-order valence-electron chi connectivity index (χ3n) is 3.60. The molecular formula is C19H20O5. The van der Waals surface area contributed by atoms with E-state index in [1.165, 1.54) is 20.5 Å². The van der Waals surface area contributed by atoms with E-state index in [4.69, 9.17) is 14.2 Å². The number of hydrogen-bond donors (Lipinski definition) is 1. The third-order valence-corrected chi connectivity index (χ3v) is 3.60. The van der Waals surface area contributed by atoms with Crippen LogP contribution in [-0.2, 0) is 9.53 Å². The normalized spacial score (nSPS) is 12.0. The van der Waals surface area contributed by atoms with Crippen LogP contribution in [0.15, 0.2) is 48.7 Å². The molecule has 0 amide bonds. The Morgan fingerprint density at radius 1 is 1.08 bits per heavy atom.